The summed E-state index contributed by atoms with van der Waals surface area (Å²) in [5.74, 6) is 0.511. The zero-order valence-electron chi connectivity index (χ0n) is 8.67. The van der Waals surface area contributed by atoms with E-state index < -0.39 is 0 Å². The van der Waals surface area contributed by atoms with E-state index in [1.54, 1.807) is 24.3 Å². The second kappa shape index (κ2) is 4.53. The van der Waals surface area contributed by atoms with Crippen molar-refractivity contribution in [2.45, 2.75) is 0 Å². The van der Waals surface area contributed by atoms with Gasteiger partial charge in [-0.15, -0.1) is 0 Å². The molecular weight excluding hydrogens is 200 g/mol. The van der Waals surface area contributed by atoms with Crippen molar-refractivity contribution in [1.82, 2.24) is 0 Å². The molecule has 2 nitrogen and oxygen atoms in total. The molecule has 2 aromatic carbocycles. The first-order valence-corrected chi connectivity index (χ1v) is 5.01. The fourth-order valence-electron chi connectivity index (χ4n) is 1.40. The van der Waals surface area contributed by atoms with Gasteiger partial charge in [-0.1, -0.05) is 42.5 Å². The van der Waals surface area contributed by atoms with Crippen LogP contribution in [0.15, 0.2) is 48.5 Å². The molecule has 0 bridgehead atoms. The summed E-state index contributed by atoms with van der Waals surface area (Å²) in [5, 5.41) is 18.7. The average molecular weight is 212 g/mol. The Morgan fingerprint density at radius 2 is 1.44 bits per heavy atom. The molecule has 2 N–H and O–H groups in total. The zero-order valence-corrected chi connectivity index (χ0v) is 8.67. The third kappa shape index (κ3) is 2.42. The van der Waals surface area contributed by atoms with Crippen LogP contribution >= 0.6 is 0 Å². The van der Waals surface area contributed by atoms with Gasteiger partial charge in [-0.05, 0) is 23.8 Å². The van der Waals surface area contributed by atoms with Gasteiger partial charge in [0.25, 0.3) is 0 Å². The topological polar surface area (TPSA) is 40.5 Å². The first-order valence-electron chi connectivity index (χ1n) is 5.01. The van der Waals surface area contributed by atoms with Crippen LogP contribution in [-0.2, 0) is 0 Å². The average Bonchev–Trinajstić information content (AvgIpc) is 2.30. The lowest BCUT2D eigenvalue weighted by molar-refractivity contribution is 0.474. The molecule has 80 valence electrons. The normalized spacial score (nSPS) is 10.8. The molecule has 2 heteroatoms. The minimum absolute atomic E-state index is 0.250. The van der Waals surface area contributed by atoms with E-state index in [2.05, 4.69) is 0 Å². The summed E-state index contributed by atoms with van der Waals surface area (Å²) < 4.78 is 0. The lowest BCUT2D eigenvalue weighted by Gasteiger charge is -1.97. The van der Waals surface area contributed by atoms with Crippen molar-refractivity contribution in [1.29, 1.82) is 0 Å². The molecule has 0 heterocycles. The van der Waals surface area contributed by atoms with Gasteiger partial charge in [-0.3, -0.25) is 0 Å². The van der Waals surface area contributed by atoms with Crippen LogP contribution in [0.3, 0.4) is 0 Å². The van der Waals surface area contributed by atoms with Crippen LogP contribution in [0.25, 0.3) is 12.2 Å². The molecule has 2 rings (SSSR count). The van der Waals surface area contributed by atoms with Gasteiger partial charge in [0.15, 0.2) is 0 Å². The summed E-state index contributed by atoms with van der Waals surface area (Å²) in [6.45, 7) is 0. The number of para-hydroxylation sites is 1. The van der Waals surface area contributed by atoms with Crippen LogP contribution in [-0.4, -0.2) is 10.2 Å². The van der Waals surface area contributed by atoms with E-state index >= 15 is 0 Å². The van der Waals surface area contributed by atoms with E-state index in [1.807, 2.05) is 36.4 Å². The van der Waals surface area contributed by atoms with E-state index in [0.29, 0.717) is 0 Å². The Morgan fingerprint density at radius 1 is 0.750 bits per heavy atom. The van der Waals surface area contributed by atoms with Gasteiger partial charge in [0.1, 0.15) is 11.5 Å². The molecule has 0 atom stereocenters. The molecular formula is C14H12O2. The molecule has 0 amide bonds. The minimum atomic E-state index is 0.250. The molecule has 0 aliphatic rings. The van der Waals surface area contributed by atoms with Gasteiger partial charge in [0.2, 0.25) is 0 Å². The monoisotopic (exact) mass is 212 g/mol. The third-order valence-electron chi connectivity index (χ3n) is 2.29. The van der Waals surface area contributed by atoms with Gasteiger partial charge < -0.3 is 10.2 Å². The Morgan fingerprint density at radius 3 is 2.12 bits per heavy atom. The quantitative estimate of drug-likeness (QED) is 0.750. The maximum atomic E-state index is 9.54. The Hall–Kier alpha value is -2.22. The van der Waals surface area contributed by atoms with Gasteiger partial charge in [0, 0.05) is 5.56 Å². The number of aromatic hydroxyl groups is 2. The van der Waals surface area contributed by atoms with Crippen LogP contribution in [0.1, 0.15) is 11.1 Å². The highest BCUT2D eigenvalue weighted by molar-refractivity contribution is 5.72. The Labute approximate surface area is 94.1 Å². The largest absolute Gasteiger partial charge is 0.508 e. The van der Waals surface area contributed by atoms with Crippen LogP contribution in [0, 0.1) is 0 Å². The SMILES string of the molecule is Oc1ccc(/C=C/c2ccccc2O)cc1. The molecule has 0 spiro atoms. The highest BCUT2D eigenvalue weighted by Gasteiger charge is 1.94. The molecule has 0 aliphatic carbocycles. The Kier molecular flexibility index (Phi) is 2.92. The van der Waals surface area contributed by atoms with Gasteiger partial charge in [-0.25, -0.2) is 0 Å². The number of phenolic OH excluding ortho intramolecular Hbond substituents is 2. The molecule has 0 radical (unpaired) electrons. The van der Waals surface area contributed by atoms with Crippen molar-refractivity contribution in [2.24, 2.45) is 0 Å². The predicted molar refractivity (Wildman–Crippen MR) is 65.1 cm³/mol. The summed E-state index contributed by atoms with van der Waals surface area (Å²) >= 11 is 0. The first kappa shape index (κ1) is 10.3. The molecule has 16 heavy (non-hydrogen) atoms. The fourth-order valence-corrected chi connectivity index (χ4v) is 1.40. The lowest BCUT2D eigenvalue weighted by atomic mass is 10.1. The molecule has 0 saturated carbocycles. The Balaban J connectivity index is 2.21. The molecule has 2 aromatic rings. The van der Waals surface area contributed by atoms with Gasteiger partial charge in [0.05, 0.1) is 0 Å². The number of phenols is 2. The van der Waals surface area contributed by atoms with Crippen molar-refractivity contribution in [3.63, 3.8) is 0 Å². The van der Waals surface area contributed by atoms with Crippen molar-refractivity contribution in [3.8, 4) is 11.5 Å². The number of rotatable bonds is 2. The van der Waals surface area contributed by atoms with Gasteiger partial charge in [-0.2, -0.15) is 0 Å². The fraction of sp³-hybridized carbons (Fsp3) is 0. The van der Waals surface area contributed by atoms with E-state index in [0.717, 1.165) is 11.1 Å². The summed E-state index contributed by atoms with van der Waals surface area (Å²) in [7, 11) is 0. The van der Waals surface area contributed by atoms with E-state index in [-0.39, 0.29) is 11.5 Å². The zero-order chi connectivity index (χ0) is 11.4. The van der Waals surface area contributed by atoms with E-state index in [4.69, 9.17) is 5.11 Å². The lowest BCUT2D eigenvalue weighted by Crippen LogP contribution is -1.74. The van der Waals surface area contributed by atoms with Crippen LogP contribution in [0.2, 0.25) is 0 Å². The molecule has 0 aromatic heterocycles. The Bertz CT molecular complexity index is 498. The predicted octanol–water partition coefficient (Wildman–Crippen LogP) is 3.27. The summed E-state index contributed by atoms with van der Waals surface area (Å²) in [5.41, 5.74) is 1.75. The third-order valence-corrected chi connectivity index (χ3v) is 2.29. The second-order valence-electron chi connectivity index (χ2n) is 3.48. The smallest absolute Gasteiger partial charge is 0.122 e. The van der Waals surface area contributed by atoms with Crippen molar-refractivity contribution in [3.05, 3.63) is 59.7 Å². The van der Waals surface area contributed by atoms with Crippen LogP contribution in [0.5, 0.6) is 11.5 Å². The van der Waals surface area contributed by atoms with Gasteiger partial charge >= 0.3 is 0 Å². The molecule has 0 fully saturated rings. The van der Waals surface area contributed by atoms with Crippen molar-refractivity contribution < 1.29 is 10.2 Å². The first-order chi connectivity index (χ1) is 7.75. The molecule has 0 aliphatic heterocycles. The van der Waals surface area contributed by atoms with Crippen molar-refractivity contribution in [2.75, 3.05) is 0 Å². The van der Waals surface area contributed by atoms with Crippen LogP contribution in [0.4, 0.5) is 0 Å². The second-order valence-corrected chi connectivity index (χ2v) is 3.48. The maximum absolute atomic E-state index is 9.54. The molecule has 0 saturated heterocycles. The number of hydrogen-bond acceptors (Lipinski definition) is 2. The summed E-state index contributed by atoms with van der Waals surface area (Å²) in [6, 6.07) is 14.0. The highest BCUT2D eigenvalue weighted by atomic mass is 16.3. The highest BCUT2D eigenvalue weighted by Crippen LogP contribution is 2.19. The summed E-state index contributed by atoms with van der Waals surface area (Å²) in [4.78, 5) is 0. The van der Waals surface area contributed by atoms with E-state index in [1.165, 1.54) is 0 Å². The van der Waals surface area contributed by atoms with Crippen molar-refractivity contribution >= 4 is 12.2 Å². The minimum Gasteiger partial charge on any atom is -0.508 e. The van der Waals surface area contributed by atoms with Crippen LogP contribution < -0.4 is 0 Å². The molecule has 0 unspecified atom stereocenters. The standard InChI is InChI=1S/C14H12O2/c15-13-9-6-11(7-10-13)5-8-12-3-1-2-4-14(12)16/h1-10,15-16H/b8-5+. The number of benzene rings is 2. The van der Waals surface area contributed by atoms with E-state index in [9.17, 15) is 5.11 Å². The maximum Gasteiger partial charge on any atom is 0.122 e. The number of hydrogen-bond donors (Lipinski definition) is 2. The summed E-state index contributed by atoms with van der Waals surface area (Å²) in [6.07, 6.45) is 3.72.